The fraction of sp³-hybridized carbons (Fsp3) is 0.618. The molecule has 1 spiro atoms. The van der Waals surface area contributed by atoms with Crippen molar-refractivity contribution in [2.45, 2.75) is 115 Å². The van der Waals surface area contributed by atoms with Gasteiger partial charge in [-0.25, -0.2) is 9.59 Å². The summed E-state index contributed by atoms with van der Waals surface area (Å²) in [5, 5.41) is 12.4. The van der Waals surface area contributed by atoms with Crippen LogP contribution in [0.1, 0.15) is 77.5 Å². The predicted molar refractivity (Wildman–Crippen MR) is 161 cm³/mol. The molecule has 46 heavy (non-hydrogen) atoms. The number of benzene rings is 1. The minimum absolute atomic E-state index is 0.169. The summed E-state index contributed by atoms with van der Waals surface area (Å²) < 4.78 is 28.3. The summed E-state index contributed by atoms with van der Waals surface area (Å²) in [5.74, 6) is -4.90. The van der Waals surface area contributed by atoms with E-state index in [1.165, 1.54) is 13.8 Å². The first-order chi connectivity index (χ1) is 21.4. The number of hydrogen-bond donors (Lipinski definition) is 1. The van der Waals surface area contributed by atoms with Gasteiger partial charge in [0.1, 0.15) is 28.8 Å². The molecule has 12 heteroatoms. The maximum Gasteiger partial charge on any atom is 0.349 e. The Labute approximate surface area is 268 Å². The van der Waals surface area contributed by atoms with Crippen LogP contribution in [0.3, 0.4) is 0 Å². The normalized spacial score (nSPS) is 28.0. The second-order valence-corrected chi connectivity index (χ2v) is 14.0. The average molecular weight is 642 g/mol. The number of hydrogen-bond acceptors (Lipinski definition) is 12. The number of nitrogens with zero attached hydrogens (tertiary/aromatic N) is 1. The Morgan fingerprint density at radius 2 is 1.78 bits per heavy atom. The molecule has 0 radical (unpaired) electrons. The minimum Gasteiger partial charge on any atom is -0.481 e. The maximum absolute atomic E-state index is 13.7. The van der Waals surface area contributed by atoms with E-state index in [1.54, 1.807) is 26.8 Å². The van der Waals surface area contributed by atoms with E-state index in [4.69, 9.17) is 23.7 Å². The number of carbonyl (C=O) groups is 5. The zero-order valence-electron chi connectivity index (χ0n) is 27.6. The number of piperidine rings is 1. The monoisotopic (exact) mass is 641 g/mol. The standard InChI is InChI=1S/C34H43NO11/c1-17-9-10-21-16-24-34(41)12-11-22(28-33(34,13-14-35(24)8)25(21)26(17)45-28)43-29(38)19(3)27(42-20(4)37)31(40)44-23(15-18(2)36)30(39)46-32(5,6)7/h9-11,19,23-24,27-28,41H,12-16H2,1-8H3/t19-,23+,24-,27-,28+,33+,34-/m1/s1. The van der Waals surface area contributed by atoms with E-state index in [0.29, 0.717) is 25.1 Å². The number of ether oxygens (including phenoxy) is 5. The van der Waals surface area contributed by atoms with Gasteiger partial charge in [-0.15, -0.1) is 0 Å². The van der Waals surface area contributed by atoms with Gasteiger partial charge in [0.05, 0.1) is 17.4 Å². The van der Waals surface area contributed by atoms with Crippen LogP contribution in [0.4, 0.5) is 0 Å². The second-order valence-electron chi connectivity index (χ2n) is 14.0. The molecule has 0 aromatic heterocycles. The van der Waals surface area contributed by atoms with Crippen molar-refractivity contribution in [2.24, 2.45) is 5.92 Å². The highest BCUT2D eigenvalue weighted by atomic mass is 16.6. The predicted octanol–water partition coefficient (Wildman–Crippen LogP) is 2.62. The molecule has 0 unspecified atom stereocenters. The molecule has 1 fully saturated rings. The minimum atomic E-state index is -1.79. The SMILES string of the molecule is CC(=O)C[C@H](OC(=O)[C@H](OC(C)=O)[C@@H](C)C(=O)OC1=CC[C@@]2(O)[C@H]3Cc4ccc(C)c5c4[C@@]2(CCN3C)[C@H]1O5)C(=O)OC(C)(C)C. The average Bonchev–Trinajstić information content (AvgIpc) is 3.30. The fourth-order valence-corrected chi connectivity index (χ4v) is 7.46. The van der Waals surface area contributed by atoms with Crippen LogP contribution in [0.2, 0.25) is 0 Å². The summed E-state index contributed by atoms with van der Waals surface area (Å²) >= 11 is 0. The van der Waals surface area contributed by atoms with E-state index in [1.807, 2.05) is 20.0 Å². The van der Waals surface area contributed by atoms with Gasteiger partial charge in [-0.2, -0.15) is 0 Å². The van der Waals surface area contributed by atoms with Crippen molar-refractivity contribution in [3.63, 3.8) is 0 Å². The summed E-state index contributed by atoms with van der Waals surface area (Å²) in [6.07, 6.45) is -1.58. The molecule has 1 aromatic carbocycles. The lowest BCUT2D eigenvalue weighted by Crippen LogP contribution is -2.74. The summed E-state index contributed by atoms with van der Waals surface area (Å²) in [6.45, 7) is 11.1. The Morgan fingerprint density at radius 1 is 1.09 bits per heavy atom. The van der Waals surface area contributed by atoms with E-state index < -0.39 is 76.9 Å². The van der Waals surface area contributed by atoms with Gasteiger partial charge >= 0.3 is 23.9 Å². The first-order valence-corrected chi connectivity index (χ1v) is 15.6. The lowest BCUT2D eigenvalue weighted by molar-refractivity contribution is -0.188. The molecule has 12 nitrogen and oxygen atoms in total. The van der Waals surface area contributed by atoms with E-state index in [9.17, 15) is 29.1 Å². The third kappa shape index (κ3) is 5.59. The van der Waals surface area contributed by atoms with Crippen LogP contribution in [-0.4, -0.2) is 88.8 Å². The molecule has 5 rings (SSSR count). The fourth-order valence-electron chi connectivity index (χ4n) is 7.46. The molecule has 2 bridgehead atoms. The van der Waals surface area contributed by atoms with Crippen molar-refractivity contribution in [1.82, 2.24) is 4.90 Å². The number of likely N-dealkylation sites (tertiary alicyclic amines) is 1. The van der Waals surface area contributed by atoms with Crippen molar-refractivity contribution < 1.29 is 52.8 Å². The summed E-state index contributed by atoms with van der Waals surface area (Å²) in [5.41, 5.74) is -0.00192. The first kappa shape index (κ1) is 33.6. The number of rotatable bonds is 9. The zero-order valence-corrected chi connectivity index (χ0v) is 27.6. The smallest absolute Gasteiger partial charge is 0.349 e. The van der Waals surface area contributed by atoms with Crippen LogP contribution in [0.25, 0.3) is 0 Å². The highest BCUT2D eigenvalue weighted by molar-refractivity contribution is 5.90. The molecule has 1 saturated heterocycles. The number of carbonyl (C=O) groups excluding carboxylic acids is 5. The van der Waals surface area contributed by atoms with E-state index in [-0.39, 0.29) is 18.2 Å². The first-order valence-electron chi connectivity index (χ1n) is 15.6. The van der Waals surface area contributed by atoms with Crippen LogP contribution >= 0.6 is 0 Å². The highest BCUT2D eigenvalue weighted by Crippen LogP contribution is 2.64. The number of aliphatic hydroxyl groups is 1. The van der Waals surface area contributed by atoms with E-state index in [2.05, 4.69) is 11.0 Å². The Hall–Kier alpha value is -3.77. The van der Waals surface area contributed by atoms with Crippen LogP contribution in [0.15, 0.2) is 24.0 Å². The molecule has 2 aliphatic heterocycles. The van der Waals surface area contributed by atoms with Crippen LogP contribution in [-0.2, 0) is 54.8 Å². The van der Waals surface area contributed by atoms with Crippen molar-refractivity contribution in [3.05, 3.63) is 40.7 Å². The second kappa shape index (κ2) is 11.8. The lowest BCUT2D eigenvalue weighted by Gasteiger charge is -2.61. The van der Waals surface area contributed by atoms with Gasteiger partial charge in [0.2, 0.25) is 12.2 Å². The largest absolute Gasteiger partial charge is 0.481 e. The molecule has 0 amide bonds. The molecular weight excluding hydrogens is 598 g/mol. The third-order valence-electron chi connectivity index (χ3n) is 9.54. The number of likely N-dealkylation sites (N-methyl/N-ethyl adjacent to an activating group) is 1. The number of esters is 4. The number of ketones is 1. The van der Waals surface area contributed by atoms with Gasteiger partial charge in [0, 0.05) is 24.9 Å². The van der Waals surface area contributed by atoms with Crippen LogP contribution in [0.5, 0.6) is 5.75 Å². The highest BCUT2D eigenvalue weighted by Gasteiger charge is 2.71. The molecule has 250 valence electrons. The summed E-state index contributed by atoms with van der Waals surface area (Å²) in [4.78, 5) is 65.9. The van der Waals surface area contributed by atoms with Gasteiger partial charge in [-0.1, -0.05) is 12.1 Å². The molecule has 2 heterocycles. The Bertz CT molecular complexity index is 1510. The van der Waals surface area contributed by atoms with Gasteiger partial charge in [0.25, 0.3) is 0 Å². The molecule has 0 saturated carbocycles. The van der Waals surface area contributed by atoms with Gasteiger partial charge in [-0.3, -0.25) is 14.4 Å². The Morgan fingerprint density at radius 3 is 2.41 bits per heavy atom. The molecule has 1 N–H and O–H groups in total. The molecule has 2 aliphatic carbocycles. The third-order valence-corrected chi connectivity index (χ3v) is 9.54. The quantitative estimate of drug-likeness (QED) is 0.311. The Kier molecular flexibility index (Phi) is 8.61. The summed E-state index contributed by atoms with van der Waals surface area (Å²) in [6, 6.07) is 3.90. The Balaban J connectivity index is 1.41. The van der Waals surface area contributed by atoms with Gasteiger partial charge < -0.3 is 33.7 Å². The maximum atomic E-state index is 13.7. The van der Waals surface area contributed by atoms with Gasteiger partial charge in [0.15, 0.2) is 6.10 Å². The van der Waals surface area contributed by atoms with Crippen LogP contribution < -0.4 is 4.74 Å². The topological polar surface area (TPSA) is 155 Å². The molecular formula is C34H43NO11. The van der Waals surface area contributed by atoms with Crippen molar-refractivity contribution in [3.8, 4) is 5.75 Å². The molecule has 1 aromatic rings. The number of Topliss-reactive ketones (excluding diaryl/α,β-unsaturated/α-hetero) is 1. The van der Waals surface area contributed by atoms with E-state index >= 15 is 0 Å². The van der Waals surface area contributed by atoms with Gasteiger partial charge in [-0.05, 0) is 85.2 Å². The lowest BCUT2D eigenvalue weighted by atomic mass is 9.50. The van der Waals surface area contributed by atoms with Crippen molar-refractivity contribution in [2.75, 3.05) is 13.6 Å². The van der Waals surface area contributed by atoms with Crippen molar-refractivity contribution >= 4 is 29.7 Å². The number of aryl methyl sites for hydroxylation is 1. The molecule has 4 aliphatic rings. The van der Waals surface area contributed by atoms with Crippen molar-refractivity contribution in [1.29, 1.82) is 0 Å². The zero-order chi connectivity index (χ0) is 33.9. The van der Waals surface area contributed by atoms with E-state index in [0.717, 1.165) is 23.6 Å². The summed E-state index contributed by atoms with van der Waals surface area (Å²) in [7, 11) is 2.00. The van der Waals surface area contributed by atoms with Crippen LogP contribution in [0, 0.1) is 12.8 Å². The molecule has 7 atom stereocenters.